The number of halogens is 1. The van der Waals surface area contributed by atoms with E-state index in [0.29, 0.717) is 11.3 Å². The van der Waals surface area contributed by atoms with Crippen LogP contribution in [-0.4, -0.2) is 20.8 Å². The molecular weight excluding hydrogens is 440 g/mol. The first kappa shape index (κ1) is 20.2. The van der Waals surface area contributed by atoms with E-state index in [9.17, 15) is 14.9 Å². The quantitative estimate of drug-likeness (QED) is 0.373. The molecule has 0 saturated carbocycles. The van der Waals surface area contributed by atoms with Gasteiger partial charge in [0.25, 0.3) is 5.91 Å². The van der Waals surface area contributed by atoms with Crippen LogP contribution >= 0.6 is 15.9 Å². The topological polar surface area (TPSA) is 122 Å². The van der Waals surface area contributed by atoms with Crippen LogP contribution in [-0.2, 0) is 0 Å². The molecule has 3 aromatic rings. The summed E-state index contributed by atoms with van der Waals surface area (Å²) in [6.07, 6.45) is 1.18. The van der Waals surface area contributed by atoms with Gasteiger partial charge in [0.2, 0.25) is 11.6 Å². The Balaban J connectivity index is 1.85. The Labute approximate surface area is 174 Å². The van der Waals surface area contributed by atoms with Crippen molar-refractivity contribution in [3.63, 3.8) is 0 Å². The first-order valence-electron chi connectivity index (χ1n) is 8.50. The molecule has 3 rings (SSSR count). The van der Waals surface area contributed by atoms with Gasteiger partial charge in [-0.3, -0.25) is 25.8 Å². The lowest BCUT2D eigenvalue weighted by Crippen LogP contribution is -2.30. The first-order chi connectivity index (χ1) is 13.8. The fourth-order valence-corrected chi connectivity index (χ4v) is 2.79. The lowest BCUT2D eigenvalue weighted by Gasteiger charge is -2.12. The minimum Gasteiger partial charge on any atom is -0.334 e. The molecule has 0 bridgehead atoms. The number of nitro groups is 1. The normalized spacial score (nSPS) is 10.3. The molecule has 29 heavy (non-hydrogen) atoms. The van der Waals surface area contributed by atoms with Crippen molar-refractivity contribution in [2.24, 2.45) is 0 Å². The molecule has 148 valence electrons. The third-order valence-corrected chi connectivity index (χ3v) is 4.58. The number of hydrazine groups is 1. The number of benzene rings is 2. The van der Waals surface area contributed by atoms with Crippen molar-refractivity contribution in [2.45, 2.75) is 13.8 Å². The van der Waals surface area contributed by atoms with Crippen LogP contribution < -0.4 is 16.2 Å². The van der Waals surface area contributed by atoms with Gasteiger partial charge in [0.1, 0.15) is 6.33 Å². The van der Waals surface area contributed by atoms with Gasteiger partial charge in [-0.2, -0.15) is 0 Å². The Kier molecular flexibility index (Phi) is 6.03. The van der Waals surface area contributed by atoms with Gasteiger partial charge in [0, 0.05) is 15.7 Å². The van der Waals surface area contributed by atoms with Gasteiger partial charge in [0.05, 0.1) is 4.92 Å². The van der Waals surface area contributed by atoms with E-state index in [1.165, 1.54) is 6.33 Å². The number of anilines is 3. The summed E-state index contributed by atoms with van der Waals surface area (Å²) in [6.45, 7) is 3.80. The first-order valence-corrected chi connectivity index (χ1v) is 9.30. The van der Waals surface area contributed by atoms with Crippen molar-refractivity contribution in [3.05, 3.63) is 80.1 Å². The van der Waals surface area contributed by atoms with Crippen molar-refractivity contribution in [1.29, 1.82) is 0 Å². The molecule has 1 aromatic heterocycles. The molecule has 1 amide bonds. The maximum atomic E-state index is 12.3. The highest BCUT2D eigenvalue weighted by Gasteiger charge is 2.24. The van der Waals surface area contributed by atoms with E-state index in [1.54, 1.807) is 24.3 Å². The average Bonchev–Trinajstić information content (AvgIpc) is 2.69. The van der Waals surface area contributed by atoms with Gasteiger partial charge in [-0.15, -0.1) is 0 Å². The van der Waals surface area contributed by atoms with E-state index in [2.05, 4.69) is 42.1 Å². The number of carbonyl (C=O) groups is 1. The number of nitrogens with zero attached hydrogens (tertiary/aromatic N) is 3. The lowest BCUT2D eigenvalue weighted by atomic mass is 10.1. The average molecular weight is 457 g/mol. The molecule has 3 N–H and O–H groups in total. The van der Waals surface area contributed by atoms with Crippen molar-refractivity contribution in [2.75, 3.05) is 10.7 Å². The number of aromatic nitrogens is 2. The highest BCUT2D eigenvalue weighted by atomic mass is 79.9. The molecule has 0 fully saturated rings. The van der Waals surface area contributed by atoms with Gasteiger partial charge < -0.3 is 5.32 Å². The SMILES string of the molecule is Cc1ccc(C)c(Nc2ncnc(NNC(=O)c3ccc(Br)cc3)c2[N+](=O)[O-])c1. The minimum atomic E-state index is -0.610. The summed E-state index contributed by atoms with van der Waals surface area (Å²) >= 11 is 3.29. The van der Waals surface area contributed by atoms with Crippen LogP contribution in [0.2, 0.25) is 0 Å². The molecule has 0 unspecified atom stereocenters. The van der Waals surface area contributed by atoms with Crippen molar-refractivity contribution in [1.82, 2.24) is 15.4 Å². The molecule has 2 aromatic carbocycles. The van der Waals surface area contributed by atoms with Crippen molar-refractivity contribution in [3.8, 4) is 0 Å². The van der Waals surface area contributed by atoms with Crippen LogP contribution in [0.25, 0.3) is 0 Å². The Morgan fingerprint density at radius 1 is 1.07 bits per heavy atom. The minimum absolute atomic E-state index is 0.0130. The van der Waals surface area contributed by atoms with Crippen LogP contribution in [0, 0.1) is 24.0 Å². The standard InChI is InChI=1S/C19H17BrN6O3/c1-11-3-4-12(2)15(9-11)23-17-16(26(28)29)18(22-10-21-17)24-25-19(27)13-5-7-14(20)8-6-13/h3-10H,1-2H3,(H,25,27)(H2,21,22,23,24). The summed E-state index contributed by atoms with van der Waals surface area (Å²) in [4.78, 5) is 31.2. The molecule has 0 radical (unpaired) electrons. The van der Waals surface area contributed by atoms with Crippen LogP contribution in [0.1, 0.15) is 21.5 Å². The summed E-state index contributed by atoms with van der Waals surface area (Å²) < 4.78 is 0.829. The highest BCUT2D eigenvalue weighted by molar-refractivity contribution is 9.10. The number of aryl methyl sites for hydroxylation is 2. The third kappa shape index (κ3) is 4.85. The van der Waals surface area contributed by atoms with E-state index in [4.69, 9.17) is 0 Å². The summed E-state index contributed by atoms with van der Waals surface area (Å²) in [6, 6.07) is 12.4. The highest BCUT2D eigenvalue weighted by Crippen LogP contribution is 2.32. The van der Waals surface area contributed by atoms with E-state index in [1.807, 2.05) is 32.0 Å². The monoisotopic (exact) mass is 456 g/mol. The maximum Gasteiger partial charge on any atom is 0.355 e. The summed E-state index contributed by atoms with van der Waals surface area (Å²) in [5.74, 6) is -0.586. The van der Waals surface area contributed by atoms with Gasteiger partial charge in [0.15, 0.2) is 0 Å². The van der Waals surface area contributed by atoms with Crippen molar-refractivity contribution >= 4 is 44.8 Å². The lowest BCUT2D eigenvalue weighted by molar-refractivity contribution is -0.383. The second kappa shape index (κ2) is 8.65. The van der Waals surface area contributed by atoms with Crippen LogP contribution in [0.15, 0.2) is 53.3 Å². The van der Waals surface area contributed by atoms with E-state index >= 15 is 0 Å². The molecule has 1 heterocycles. The Hall–Kier alpha value is -3.53. The molecule has 10 heteroatoms. The van der Waals surface area contributed by atoms with E-state index in [-0.39, 0.29) is 17.3 Å². The summed E-state index contributed by atoms with van der Waals surface area (Å²) in [7, 11) is 0. The molecule has 9 nitrogen and oxygen atoms in total. The molecule has 0 aliphatic carbocycles. The van der Waals surface area contributed by atoms with E-state index in [0.717, 1.165) is 15.6 Å². The summed E-state index contributed by atoms with van der Waals surface area (Å²) in [5.41, 5.74) is 7.52. The third-order valence-electron chi connectivity index (χ3n) is 4.05. The smallest absolute Gasteiger partial charge is 0.334 e. The zero-order chi connectivity index (χ0) is 21.0. The zero-order valence-corrected chi connectivity index (χ0v) is 17.1. The predicted octanol–water partition coefficient (Wildman–Crippen LogP) is 4.26. The maximum absolute atomic E-state index is 12.3. The van der Waals surface area contributed by atoms with Gasteiger partial charge in [-0.25, -0.2) is 9.97 Å². The number of rotatable bonds is 6. The van der Waals surface area contributed by atoms with Crippen LogP contribution in [0.4, 0.5) is 23.0 Å². The van der Waals surface area contributed by atoms with Gasteiger partial charge in [-0.05, 0) is 55.3 Å². The second-order valence-corrected chi connectivity index (χ2v) is 7.12. The number of amides is 1. The molecule has 0 aliphatic rings. The molecule has 0 saturated heterocycles. The molecule has 0 spiro atoms. The predicted molar refractivity (Wildman–Crippen MR) is 113 cm³/mol. The van der Waals surface area contributed by atoms with Gasteiger partial charge >= 0.3 is 5.69 Å². The molecule has 0 atom stereocenters. The number of carbonyl (C=O) groups excluding carboxylic acids is 1. The second-order valence-electron chi connectivity index (χ2n) is 6.21. The van der Waals surface area contributed by atoms with Gasteiger partial charge in [-0.1, -0.05) is 28.1 Å². The fraction of sp³-hybridized carbons (Fsp3) is 0.105. The van der Waals surface area contributed by atoms with E-state index < -0.39 is 10.8 Å². The molecular formula is C19H17BrN6O3. The Bertz CT molecular complexity index is 1070. The Morgan fingerprint density at radius 3 is 2.45 bits per heavy atom. The largest absolute Gasteiger partial charge is 0.355 e. The van der Waals surface area contributed by atoms with Crippen LogP contribution in [0.3, 0.4) is 0 Å². The van der Waals surface area contributed by atoms with Crippen molar-refractivity contribution < 1.29 is 9.72 Å². The molecule has 0 aliphatic heterocycles. The zero-order valence-electron chi connectivity index (χ0n) is 15.6. The Morgan fingerprint density at radius 2 is 1.76 bits per heavy atom. The summed E-state index contributed by atoms with van der Waals surface area (Å²) in [5, 5.41) is 14.6. The number of nitrogens with one attached hydrogen (secondary N) is 3. The fourth-order valence-electron chi connectivity index (χ4n) is 2.52. The number of hydrogen-bond donors (Lipinski definition) is 3. The van der Waals surface area contributed by atoms with Crippen LogP contribution in [0.5, 0.6) is 0 Å². The number of hydrogen-bond acceptors (Lipinski definition) is 7.